The summed E-state index contributed by atoms with van der Waals surface area (Å²) in [4.78, 5) is 10.4. The van der Waals surface area contributed by atoms with Gasteiger partial charge in [0.1, 0.15) is 0 Å². The van der Waals surface area contributed by atoms with Crippen LogP contribution in [0, 0.1) is 0 Å². The quantitative estimate of drug-likeness (QED) is 0.750. The lowest BCUT2D eigenvalue weighted by Crippen LogP contribution is -2.27. The van der Waals surface area contributed by atoms with E-state index in [2.05, 4.69) is 36.5 Å². The van der Waals surface area contributed by atoms with E-state index >= 15 is 0 Å². The molecule has 2 heteroatoms. The number of benzene rings is 1. The largest absolute Gasteiger partial charge is 0.356 e. The van der Waals surface area contributed by atoms with Crippen molar-refractivity contribution in [2.24, 2.45) is 0 Å². The van der Waals surface area contributed by atoms with Gasteiger partial charge in [0.15, 0.2) is 0 Å². The summed E-state index contributed by atoms with van der Waals surface area (Å²) in [5, 5.41) is 2.89. The van der Waals surface area contributed by atoms with Gasteiger partial charge in [-0.3, -0.25) is 4.79 Å². The molecule has 2 atom stereocenters. The highest BCUT2D eigenvalue weighted by atomic mass is 16.1. The molecule has 1 fully saturated rings. The molecule has 0 radical (unpaired) electrons. The van der Waals surface area contributed by atoms with Gasteiger partial charge in [0.2, 0.25) is 6.41 Å². The van der Waals surface area contributed by atoms with Gasteiger partial charge in [-0.2, -0.15) is 0 Å². The molecule has 0 saturated heterocycles. The van der Waals surface area contributed by atoms with Gasteiger partial charge in [0, 0.05) is 6.04 Å². The molecule has 80 valence electrons. The van der Waals surface area contributed by atoms with Crippen molar-refractivity contribution in [3.05, 3.63) is 35.9 Å². The average molecular weight is 203 g/mol. The van der Waals surface area contributed by atoms with Gasteiger partial charge >= 0.3 is 0 Å². The van der Waals surface area contributed by atoms with E-state index in [4.69, 9.17) is 0 Å². The lowest BCUT2D eigenvalue weighted by molar-refractivity contribution is -0.110. The second kappa shape index (κ2) is 4.05. The van der Waals surface area contributed by atoms with Crippen LogP contribution in [0.3, 0.4) is 0 Å². The van der Waals surface area contributed by atoms with E-state index in [1.807, 2.05) is 6.07 Å². The van der Waals surface area contributed by atoms with E-state index in [9.17, 15) is 4.79 Å². The summed E-state index contributed by atoms with van der Waals surface area (Å²) >= 11 is 0. The monoisotopic (exact) mass is 203 g/mol. The number of carbonyl (C=O) groups is 1. The Morgan fingerprint density at radius 3 is 2.80 bits per heavy atom. The van der Waals surface area contributed by atoms with E-state index in [0.29, 0.717) is 6.04 Å². The maximum atomic E-state index is 10.4. The van der Waals surface area contributed by atoms with Crippen molar-refractivity contribution in [2.45, 2.75) is 37.6 Å². The predicted molar refractivity (Wildman–Crippen MR) is 60.6 cm³/mol. The summed E-state index contributed by atoms with van der Waals surface area (Å²) in [6, 6.07) is 10.9. The molecule has 1 aromatic carbocycles. The smallest absolute Gasteiger partial charge is 0.207 e. The third-order valence-corrected chi connectivity index (χ3v) is 3.52. The van der Waals surface area contributed by atoms with Crippen molar-refractivity contribution in [3.8, 4) is 0 Å². The molecule has 2 unspecified atom stereocenters. The number of nitrogens with one attached hydrogen (secondary N) is 1. The Morgan fingerprint density at radius 1 is 1.40 bits per heavy atom. The van der Waals surface area contributed by atoms with E-state index in [1.54, 1.807) is 0 Å². The zero-order valence-electron chi connectivity index (χ0n) is 9.07. The summed E-state index contributed by atoms with van der Waals surface area (Å²) < 4.78 is 0. The molecule has 2 nitrogen and oxygen atoms in total. The van der Waals surface area contributed by atoms with Gasteiger partial charge in [-0.05, 0) is 30.2 Å². The Hall–Kier alpha value is -1.31. The maximum Gasteiger partial charge on any atom is 0.207 e. The molecule has 0 aliphatic heterocycles. The normalized spacial score (nSPS) is 30.1. The third-order valence-electron chi connectivity index (χ3n) is 3.52. The molecular weight excluding hydrogens is 186 g/mol. The minimum Gasteiger partial charge on any atom is -0.356 e. The van der Waals surface area contributed by atoms with Gasteiger partial charge in [0.25, 0.3) is 0 Å². The molecule has 1 saturated carbocycles. The van der Waals surface area contributed by atoms with Crippen LogP contribution in [0.5, 0.6) is 0 Å². The van der Waals surface area contributed by atoms with Crippen molar-refractivity contribution < 1.29 is 4.79 Å². The van der Waals surface area contributed by atoms with Crippen LogP contribution in [-0.4, -0.2) is 12.5 Å². The first kappa shape index (κ1) is 10.2. The third kappa shape index (κ3) is 2.04. The first-order chi connectivity index (χ1) is 7.24. The number of hydrogen-bond acceptors (Lipinski definition) is 1. The van der Waals surface area contributed by atoms with Gasteiger partial charge in [-0.1, -0.05) is 37.3 Å². The van der Waals surface area contributed by atoms with Crippen LogP contribution >= 0.6 is 0 Å². The first-order valence-electron chi connectivity index (χ1n) is 5.50. The van der Waals surface area contributed by atoms with Crippen LogP contribution in [0.25, 0.3) is 0 Å². The van der Waals surface area contributed by atoms with Crippen molar-refractivity contribution >= 4 is 6.41 Å². The van der Waals surface area contributed by atoms with E-state index < -0.39 is 0 Å². The van der Waals surface area contributed by atoms with Crippen LogP contribution in [-0.2, 0) is 10.2 Å². The van der Waals surface area contributed by atoms with Gasteiger partial charge < -0.3 is 5.32 Å². The SMILES string of the molecule is CC1(c2ccccc2)CCC(NC=O)C1. The predicted octanol–water partition coefficient (Wildman–Crippen LogP) is 2.24. The zero-order chi connectivity index (χ0) is 10.7. The maximum absolute atomic E-state index is 10.4. The van der Waals surface area contributed by atoms with Crippen LogP contribution in [0.4, 0.5) is 0 Å². The average Bonchev–Trinajstić information content (AvgIpc) is 2.64. The van der Waals surface area contributed by atoms with Gasteiger partial charge in [-0.25, -0.2) is 0 Å². The Labute approximate surface area is 90.7 Å². The highest BCUT2D eigenvalue weighted by Gasteiger charge is 2.35. The summed E-state index contributed by atoms with van der Waals surface area (Å²) in [7, 11) is 0. The molecule has 1 amide bonds. The van der Waals surface area contributed by atoms with Crippen molar-refractivity contribution in [1.82, 2.24) is 5.32 Å². The fraction of sp³-hybridized carbons (Fsp3) is 0.462. The topological polar surface area (TPSA) is 29.1 Å². The number of rotatable bonds is 3. The lowest BCUT2D eigenvalue weighted by atomic mass is 9.81. The molecule has 1 N–H and O–H groups in total. The molecule has 1 aromatic rings. The van der Waals surface area contributed by atoms with Crippen LogP contribution in [0.15, 0.2) is 30.3 Å². The highest BCUT2D eigenvalue weighted by Crippen LogP contribution is 2.40. The Kier molecular flexibility index (Phi) is 2.76. The number of amides is 1. The second-order valence-electron chi connectivity index (χ2n) is 4.65. The minimum atomic E-state index is 0.238. The Bertz CT molecular complexity index is 336. The molecular formula is C13H17NO. The van der Waals surface area contributed by atoms with E-state index in [0.717, 1.165) is 25.7 Å². The van der Waals surface area contributed by atoms with Gasteiger partial charge in [0.05, 0.1) is 0 Å². The molecule has 0 aromatic heterocycles. The number of hydrogen-bond donors (Lipinski definition) is 1. The summed E-state index contributed by atoms with van der Waals surface area (Å²) in [5.41, 5.74) is 1.63. The van der Waals surface area contributed by atoms with Crippen molar-refractivity contribution in [3.63, 3.8) is 0 Å². The second-order valence-corrected chi connectivity index (χ2v) is 4.65. The molecule has 1 aliphatic rings. The molecule has 0 heterocycles. The van der Waals surface area contributed by atoms with Crippen LogP contribution < -0.4 is 5.32 Å². The van der Waals surface area contributed by atoms with E-state index in [1.165, 1.54) is 5.56 Å². The first-order valence-corrected chi connectivity index (χ1v) is 5.50. The standard InChI is InChI=1S/C13H17NO/c1-13(11-5-3-2-4-6-11)8-7-12(9-13)14-10-15/h2-6,10,12H,7-9H2,1H3,(H,14,15). The molecule has 1 aliphatic carbocycles. The van der Waals surface area contributed by atoms with Gasteiger partial charge in [-0.15, -0.1) is 0 Å². The van der Waals surface area contributed by atoms with Crippen LogP contribution in [0.1, 0.15) is 31.7 Å². The minimum absolute atomic E-state index is 0.238. The summed E-state index contributed by atoms with van der Waals surface area (Å²) in [5.74, 6) is 0. The molecule has 0 spiro atoms. The Morgan fingerprint density at radius 2 is 2.13 bits per heavy atom. The van der Waals surface area contributed by atoms with Crippen molar-refractivity contribution in [2.75, 3.05) is 0 Å². The fourth-order valence-corrected chi connectivity index (χ4v) is 2.58. The van der Waals surface area contributed by atoms with Crippen molar-refractivity contribution in [1.29, 1.82) is 0 Å². The molecule has 0 bridgehead atoms. The van der Waals surface area contributed by atoms with Crippen LogP contribution in [0.2, 0.25) is 0 Å². The zero-order valence-corrected chi connectivity index (χ0v) is 9.07. The number of carbonyl (C=O) groups excluding carboxylic acids is 1. The van der Waals surface area contributed by atoms with E-state index in [-0.39, 0.29) is 5.41 Å². The molecule has 2 rings (SSSR count). The fourth-order valence-electron chi connectivity index (χ4n) is 2.58. The lowest BCUT2D eigenvalue weighted by Gasteiger charge is -2.24. The summed E-state index contributed by atoms with van der Waals surface area (Å²) in [6.45, 7) is 2.29. The molecule has 15 heavy (non-hydrogen) atoms. The summed E-state index contributed by atoms with van der Waals surface area (Å²) in [6.07, 6.45) is 4.11. The highest BCUT2D eigenvalue weighted by molar-refractivity contribution is 5.47. The Balaban J connectivity index is 2.13.